The predicted molar refractivity (Wildman–Crippen MR) is 166 cm³/mol. The van der Waals surface area contributed by atoms with Gasteiger partial charge in [-0.05, 0) is 66.1 Å². The SMILES string of the molecule is CCOC(=O)C1=C(C(F)(F)F)N=c2s/c(=C\c3cc(Cl)c(OCc4cccc(Cl)c4)c(OC)c3)c(=O)n2[C@@H]1c1ccc(Cl)cc1. The largest absolute Gasteiger partial charge is 0.493 e. The number of alkyl halides is 3. The molecule has 14 heteroatoms. The third-order valence-corrected chi connectivity index (χ3v) is 8.35. The Morgan fingerprint density at radius 3 is 2.44 bits per heavy atom. The molecule has 0 amide bonds. The van der Waals surface area contributed by atoms with E-state index in [1.54, 1.807) is 24.3 Å². The summed E-state index contributed by atoms with van der Waals surface area (Å²) < 4.78 is 60.4. The van der Waals surface area contributed by atoms with Crippen molar-refractivity contribution in [1.82, 2.24) is 4.57 Å². The van der Waals surface area contributed by atoms with Gasteiger partial charge in [-0.15, -0.1) is 0 Å². The molecule has 0 aliphatic carbocycles. The number of esters is 1. The number of halogens is 6. The van der Waals surface area contributed by atoms with Gasteiger partial charge in [0.1, 0.15) is 6.61 Å². The highest BCUT2D eigenvalue weighted by Gasteiger charge is 2.45. The van der Waals surface area contributed by atoms with E-state index in [2.05, 4.69) is 4.99 Å². The maximum atomic E-state index is 14.3. The number of hydrogen-bond acceptors (Lipinski definition) is 7. The van der Waals surface area contributed by atoms with Crippen LogP contribution in [0.3, 0.4) is 0 Å². The number of allylic oxidation sites excluding steroid dienone is 1. The van der Waals surface area contributed by atoms with E-state index in [0.717, 1.165) is 21.5 Å². The fourth-order valence-electron chi connectivity index (χ4n) is 4.70. The molecule has 4 aromatic rings. The summed E-state index contributed by atoms with van der Waals surface area (Å²) in [5, 5.41) is 1.02. The number of carbonyl (C=O) groups excluding carboxylic acids is 1. The monoisotopic (exact) mass is 696 g/mol. The van der Waals surface area contributed by atoms with Gasteiger partial charge in [0, 0.05) is 10.0 Å². The number of hydrogen-bond donors (Lipinski definition) is 0. The molecule has 1 aromatic heterocycles. The maximum Gasteiger partial charge on any atom is 0.434 e. The average Bonchev–Trinajstić information content (AvgIpc) is 3.30. The Bertz CT molecular complexity index is 1990. The molecule has 3 aromatic carbocycles. The zero-order valence-corrected chi connectivity index (χ0v) is 26.5. The summed E-state index contributed by atoms with van der Waals surface area (Å²) in [6, 6.07) is 14.5. The average molecular weight is 698 g/mol. The first-order valence-electron chi connectivity index (χ1n) is 13.2. The normalized spacial score (nSPS) is 15.0. The van der Waals surface area contributed by atoms with Crippen LogP contribution < -0.4 is 24.4 Å². The van der Waals surface area contributed by atoms with E-state index in [9.17, 15) is 22.8 Å². The van der Waals surface area contributed by atoms with Crippen LogP contribution in [-0.4, -0.2) is 30.4 Å². The fraction of sp³-hybridized carbons (Fsp3) is 0.194. The van der Waals surface area contributed by atoms with E-state index in [-0.39, 0.29) is 44.6 Å². The predicted octanol–water partition coefficient (Wildman–Crippen LogP) is 6.89. The Balaban J connectivity index is 1.64. The van der Waals surface area contributed by atoms with Gasteiger partial charge in [0.05, 0.1) is 34.9 Å². The van der Waals surface area contributed by atoms with E-state index in [4.69, 9.17) is 49.0 Å². The quantitative estimate of drug-likeness (QED) is 0.188. The molecule has 2 heterocycles. The summed E-state index contributed by atoms with van der Waals surface area (Å²) in [7, 11) is 1.41. The number of ether oxygens (including phenoxy) is 3. The van der Waals surface area contributed by atoms with Gasteiger partial charge in [0.15, 0.2) is 22.0 Å². The highest BCUT2D eigenvalue weighted by atomic mass is 35.5. The maximum absolute atomic E-state index is 14.3. The number of methoxy groups -OCH3 is 1. The standard InChI is InChI=1S/C31H22Cl3F3N2O5S/c1-3-43-29(41)24-25(18-7-9-19(32)10-8-18)39-28(40)23(45-30(39)38-27(24)31(35,36)37)14-17-12-21(34)26(22(13-17)42-2)44-15-16-5-4-6-20(33)11-16/h4-14,25H,3,15H2,1-2H3/b23-14-/t25-/m1/s1. The molecular weight excluding hydrogens is 676 g/mol. The van der Waals surface area contributed by atoms with Crippen molar-refractivity contribution in [3.63, 3.8) is 0 Å². The fourth-order valence-corrected chi connectivity index (χ4v) is 6.31. The first kappa shape index (κ1) is 32.6. The van der Waals surface area contributed by atoms with Crippen molar-refractivity contribution in [2.24, 2.45) is 4.99 Å². The minimum atomic E-state index is -5.02. The van der Waals surface area contributed by atoms with Crippen molar-refractivity contribution < 1.29 is 32.2 Å². The minimum absolute atomic E-state index is 0.0325. The topological polar surface area (TPSA) is 79.1 Å². The first-order chi connectivity index (χ1) is 21.4. The molecule has 1 atom stereocenters. The number of nitrogens with zero attached hydrogens (tertiary/aromatic N) is 2. The second kappa shape index (κ2) is 13.3. The van der Waals surface area contributed by atoms with Crippen LogP contribution in [0.2, 0.25) is 15.1 Å². The Morgan fingerprint density at radius 2 is 1.80 bits per heavy atom. The Morgan fingerprint density at radius 1 is 1.07 bits per heavy atom. The molecule has 0 fully saturated rings. The van der Waals surface area contributed by atoms with Crippen molar-refractivity contribution in [1.29, 1.82) is 0 Å². The van der Waals surface area contributed by atoms with Crippen LogP contribution in [0.25, 0.3) is 6.08 Å². The van der Waals surface area contributed by atoms with Crippen LogP contribution in [0, 0.1) is 0 Å². The zero-order valence-electron chi connectivity index (χ0n) is 23.5. The van der Waals surface area contributed by atoms with Gasteiger partial charge >= 0.3 is 12.1 Å². The molecule has 234 valence electrons. The van der Waals surface area contributed by atoms with E-state index < -0.39 is 35.0 Å². The molecule has 0 radical (unpaired) electrons. The first-order valence-corrected chi connectivity index (χ1v) is 15.2. The number of benzene rings is 3. The van der Waals surface area contributed by atoms with Crippen LogP contribution in [-0.2, 0) is 16.1 Å². The summed E-state index contributed by atoms with van der Waals surface area (Å²) in [6.07, 6.45) is -3.58. The molecule has 0 unspecified atom stereocenters. The third kappa shape index (κ3) is 6.91. The number of rotatable bonds is 8. The highest BCUT2D eigenvalue weighted by molar-refractivity contribution is 7.07. The molecule has 1 aliphatic heterocycles. The number of aromatic nitrogens is 1. The minimum Gasteiger partial charge on any atom is -0.493 e. The smallest absolute Gasteiger partial charge is 0.434 e. The van der Waals surface area contributed by atoms with Gasteiger partial charge in [-0.2, -0.15) is 13.2 Å². The molecule has 0 bridgehead atoms. The number of carbonyl (C=O) groups is 1. The van der Waals surface area contributed by atoms with Crippen LogP contribution in [0.1, 0.15) is 29.7 Å². The summed E-state index contributed by atoms with van der Waals surface area (Å²) >= 11 is 19.3. The summed E-state index contributed by atoms with van der Waals surface area (Å²) in [4.78, 5) is 30.3. The van der Waals surface area contributed by atoms with Crippen LogP contribution in [0.5, 0.6) is 11.5 Å². The lowest BCUT2D eigenvalue weighted by molar-refractivity contribution is -0.140. The van der Waals surface area contributed by atoms with Crippen molar-refractivity contribution in [3.8, 4) is 11.5 Å². The second-order valence-electron chi connectivity index (χ2n) is 9.57. The molecule has 0 saturated heterocycles. The van der Waals surface area contributed by atoms with Gasteiger partial charge in [-0.3, -0.25) is 9.36 Å². The van der Waals surface area contributed by atoms with Crippen molar-refractivity contribution >= 4 is 58.2 Å². The Kier molecular flexibility index (Phi) is 9.64. The number of fused-ring (bicyclic) bond motifs is 1. The van der Waals surface area contributed by atoms with Gasteiger partial charge in [0.2, 0.25) is 0 Å². The summed E-state index contributed by atoms with van der Waals surface area (Å²) in [5.41, 5.74) is -1.53. The van der Waals surface area contributed by atoms with Crippen molar-refractivity contribution in [3.05, 3.63) is 123 Å². The van der Waals surface area contributed by atoms with E-state index in [1.165, 1.54) is 50.4 Å². The van der Waals surface area contributed by atoms with E-state index >= 15 is 0 Å². The van der Waals surface area contributed by atoms with Crippen molar-refractivity contribution in [2.75, 3.05) is 13.7 Å². The number of thiazole rings is 1. The van der Waals surface area contributed by atoms with Gasteiger partial charge in [-0.1, -0.05) is 70.4 Å². The van der Waals surface area contributed by atoms with Crippen LogP contribution >= 0.6 is 46.1 Å². The van der Waals surface area contributed by atoms with Crippen LogP contribution in [0.15, 0.2) is 81.7 Å². The van der Waals surface area contributed by atoms with Crippen LogP contribution in [0.4, 0.5) is 13.2 Å². The molecule has 5 rings (SSSR count). The molecule has 0 saturated carbocycles. The lowest BCUT2D eigenvalue weighted by atomic mass is 9.95. The summed E-state index contributed by atoms with van der Waals surface area (Å²) in [5.74, 6) is -0.742. The third-order valence-electron chi connectivity index (χ3n) is 6.60. The van der Waals surface area contributed by atoms with E-state index in [0.29, 0.717) is 15.6 Å². The summed E-state index contributed by atoms with van der Waals surface area (Å²) in [6.45, 7) is 1.42. The molecular formula is C31H22Cl3F3N2O5S. The van der Waals surface area contributed by atoms with Gasteiger partial charge in [-0.25, -0.2) is 9.79 Å². The van der Waals surface area contributed by atoms with Gasteiger partial charge < -0.3 is 14.2 Å². The second-order valence-corrected chi connectivity index (χ2v) is 11.9. The lowest BCUT2D eigenvalue weighted by Gasteiger charge is -2.26. The zero-order chi connectivity index (χ0) is 32.5. The van der Waals surface area contributed by atoms with E-state index in [1.807, 2.05) is 6.07 Å². The Labute approximate surface area is 273 Å². The van der Waals surface area contributed by atoms with Crippen molar-refractivity contribution in [2.45, 2.75) is 25.7 Å². The molecule has 0 spiro atoms. The molecule has 45 heavy (non-hydrogen) atoms. The molecule has 1 aliphatic rings. The molecule has 7 nitrogen and oxygen atoms in total. The lowest BCUT2D eigenvalue weighted by Crippen LogP contribution is -2.41. The van der Waals surface area contributed by atoms with Gasteiger partial charge in [0.25, 0.3) is 5.56 Å². The highest BCUT2D eigenvalue weighted by Crippen LogP contribution is 2.39. The Hall–Kier alpha value is -3.77. The molecule has 0 N–H and O–H groups in total.